The van der Waals surface area contributed by atoms with Crippen molar-refractivity contribution in [3.8, 4) is 17.1 Å². The van der Waals surface area contributed by atoms with Crippen LogP contribution in [0.2, 0.25) is 0 Å². The van der Waals surface area contributed by atoms with Crippen molar-refractivity contribution in [1.29, 1.82) is 0 Å². The van der Waals surface area contributed by atoms with E-state index in [1.165, 1.54) is 0 Å². The monoisotopic (exact) mass is 551 g/mol. The third-order valence-electron chi connectivity index (χ3n) is 8.62. The van der Waals surface area contributed by atoms with E-state index in [0.717, 1.165) is 71.6 Å². The van der Waals surface area contributed by atoms with Crippen LogP contribution in [-0.2, 0) is 0 Å². The number of benzene rings is 6. The van der Waals surface area contributed by atoms with Gasteiger partial charge in [0.05, 0.1) is 33.0 Å². The van der Waals surface area contributed by atoms with E-state index in [9.17, 15) is 4.79 Å². The number of para-hydroxylation sites is 5. The van der Waals surface area contributed by atoms with E-state index in [1.54, 1.807) is 0 Å². The van der Waals surface area contributed by atoms with Gasteiger partial charge in [-0.2, -0.15) is 0 Å². The van der Waals surface area contributed by atoms with Crippen LogP contribution in [0.15, 0.2) is 156 Å². The van der Waals surface area contributed by atoms with Crippen LogP contribution in [0.3, 0.4) is 0 Å². The van der Waals surface area contributed by atoms with Gasteiger partial charge in [-0.1, -0.05) is 91.0 Å². The fraction of sp³-hybridized carbons (Fsp3) is 0. The molecule has 9 aromatic rings. The maximum atomic E-state index is 14.8. The summed E-state index contributed by atoms with van der Waals surface area (Å²) in [5.74, 6) is 0. The molecule has 3 aromatic heterocycles. The first kappa shape index (κ1) is 23.8. The van der Waals surface area contributed by atoms with Crippen LogP contribution in [0.25, 0.3) is 71.6 Å². The van der Waals surface area contributed by atoms with E-state index in [2.05, 4.69) is 106 Å². The first-order valence-corrected chi connectivity index (χ1v) is 14.5. The Morgan fingerprint density at radius 1 is 0.349 bits per heavy atom. The summed E-state index contributed by atoms with van der Waals surface area (Å²) in [5.41, 5.74) is 8.01. The van der Waals surface area contributed by atoms with Crippen LogP contribution >= 0.6 is 0 Å². The van der Waals surface area contributed by atoms with Gasteiger partial charge in [-0.15, -0.1) is 0 Å². The number of rotatable bonds is 3. The molecule has 9 rings (SSSR count). The molecule has 0 spiro atoms. The molecule has 4 heteroatoms. The summed E-state index contributed by atoms with van der Waals surface area (Å²) >= 11 is 0. The van der Waals surface area contributed by atoms with Crippen molar-refractivity contribution in [3.63, 3.8) is 0 Å². The van der Waals surface area contributed by atoms with Gasteiger partial charge in [-0.3, -0.25) is 9.36 Å². The third kappa shape index (κ3) is 3.35. The van der Waals surface area contributed by atoms with Crippen molar-refractivity contribution in [3.05, 3.63) is 162 Å². The van der Waals surface area contributed by atoms with Gasteiger partial charge >= 0.3 is 0 Å². The minimum absolute atomic E-state index is 0.0225. The van der Waals surface area contributed by atoms with Gasteiger partial charge in [0.15, 0.2) is 0 Å². The van der Waals surface area contributed by atoms with Gasteiger partial charge in [0.2, 0.25) is 0 Å². The lowest BCUT2D eigenvalue weighted by Gasteiger charge is -2.14. The molecular weight excluding hydrogens is 526 g/mol. The Morgan fingerprint density at radius 3 is 1.44 bits per heavy atom. The maximum Gasteiger partial charge on any atom is 0.265 e. The average Bonchev–Trinajstić information content (AvgIpc) is 3.58. The summed E-state index contributed by atoms with van der Waals surface area (Å²) in [6.07, 6.45) is 0. The zero-order chi connectivity index (χ0) is 28.5. The lowest BCUT2D eigenvalue weighted by atomic mass is 10.1. The molecule has 0 radical (unpaired) electrons. The quantitative estimate of drug-likeness (QED) is 0.215. The molecule has 0 unspecified atom stereocenters. The Kier molecular flexibility index (Phi) is 5.02. The van der Waals surface area contributed by atoms with E-state index in [4.69, 9.17) is 0 Å². The molecule has 0 saturated heterocycles. The minimum atomic E-state index is -0.0225. The van der Waals surface area contributed by atoms with Crippen molar-refractivity contribution in [1.82, 2.24) is 13.7 Å². The molecule has 43 heavy (non-hydrogen) atoms. The number of fused-ring (bicyclic) bond motifs is 8. The highest BCUT2D eigenvalue weighted by Crippen LogP contribution is 2.40. The van der Waals surface area contributed by atoms with Crippen molar-refractivity contribution >= 4 is 54.5 Å². The molecule has 0 aliphatic heterocycles. The van der Waals surface area contributed by atoms with Gasteiger partial charge in [-0.25, -0.2) is 0 Å². The zero-order valence-electron chi connectivity index (χ0n) is 23.2. The molecule has 0 aliphatic rings. The molecule has 0 atom stereocenters. The molecule has 0 saturated carbocycles. The van der Waals surface area contributed by atoms with Crippen molar-refractivity contribution < 1.29 is 0 Å². The first-order valence-electron chi connectivity index (χ1n) is 14.5. The predicted molar refractivity (Wildman–Crippen MR) is 178 cm³/mol. The molecule has 0 amide bonds. The van der Waals surface area contributed by atoms with E-state index in [1.807, 2.05) is 59.2 Å². The van der Waals surface area contributed by atoms with Gasteiger partial charge < -0.3 is 9.13 Å². The molecule has 0 aliphatic carbocycles. The zero-order valence-corrected chi connectivity index (χ0v) is 23.2. The summed E-state index contributed by atoms with van der Waals surface area (Å²) in [4.78, 5) is 14.8. The lowest BCUT2D eigenvalue weighted by molar-refractivity contribution is 1.06. The summed E-state index contributed by atoms with van der Waals surface area (Å²) in [5, 5.41) is 4.98. The van der Waals surface area contributed by atoms with Crippen LogP contribution < -0.4 is 5.56 Å². The Bertz CT molecular complexity index is 2560. The summed E-state index contributed by atoms with van der Waals surface area (Å²) in [6, 6.07) is 52.1. The van der Waals surface area contributed by atoms with Crippen LogP contribution in [0.5, 0.6) is 0 Å². The highest BCUT2D eigenvalue weighted by molar-refractivity contribution is 6.22. The second-order valence-electron chi connectivity index (χ2n) is 11.0. The molecule has 0 bridgehead atoms. The van der Waals surface area contributed by atoms with Gasteiger partial charge in [0.1, 0.15) is 0 Å². The van der Waals surface area contributed by atoms with Crippen LogP contribution in [0, 0.1) is 0 Å². The maximum absolute atomic E-state index is 14.8. The third-order valence-corrected chi connectivity index (χ3v) is 8.62. The molecule has 6 aromatic carbocycles. The van der Waals surface area contributed by atoms with Gasteiger partial charge in [0.25, 0.3) is 5.56 Å². The second-order valence-corrected chi connectivity index (χ2v) is 11.0. The summed E-state index contributed by atoms with van der Waals surface area (Å²) < 4.78 is 6.47. The first-order chi connectivity index (χ1) is 21.3. The number of hydrogen-bond donors (Lipinski definition) is 0. The fourth-order valence-electron chi connectivity index (χ4n) is 6.84. The van der Waals surface area contributed by atoms with Crippen LogP contribution in [-0.4, -0.2) is 13.7 Å². The Labute approximate surface area is 246 Å². The molecule has 202 valence electrons. The average molecular weight is 552 g/mol. The van der Waals surface area contributed by atoms with E-state index in [-0.39, 0.29) is 5.56 Å². The van der Waals surface area contributed by atoms with Crippen LogP contribution in [0.4, 0.5) is 0 Å². The predicted octanol–water partition coefficient (Wildman–Crippen LogP) is 9.18. The van der Waals surface area contributed by atoms with E-state index >= 15 is 0 Å². The number of nitrogens with zero attached hydrogens (tertiary/aromatic N) is 3. The standard InChI is InChI=1S/C39H25N3O/c43-39-37-32-24-31-29-20-10-12-22-33(29)40(26-14-4-1-5-15-26)35(31)25-36(32)41(27-16-6-2-7-17-27)38(37)30-21-11-13-23-34(30)42(39)28-18-8-3-9-19-28/h1-25H. The lowest BCUT2D eigenvalue weighted by Crippen LogP contribution is -2.19. The van der Waals surface area contributed by atoms with Crippen molar-refractivity contribution in [2.24, 2.45) is 0 Å². The molecular formula is C39H25N3O. The number of aromatic nitrogens is 3. The topological polar surface area (TPSA) is 31.9 Å². The Balaban J connectivity index is 1.56. The SMILES string of the molecule is O=c1c2c3cc4c5ccccc5n(-c5ccccc5)c4cc3n(-c3ccccc3)c2c2ccccc2n1-c1ccccc1. The molecule has 4 nitrogen and oxygen atoms in total. The molecule has 3 heterocycles. The number of pyridine rings is 1. The van der Waals surface area contributed by atoms with E-state index in [0.29, 0.717) is 0 Å². The second kappa shape index (κ2) is 9.07. The van der Waals surface area contributed by atoms with Gasteiger partial charge in [0, 0.05) is 38.6 Å². The normalized spacial score (nSPS) is 11.8. The smallest absolute Gasteiger partial charge is 0.265 e. The summed E-state index contributed by atoms with van der Waals surface area (Å²) in [7, 11) is 0. The number of hydrogen-bond acceptors (Lipinski definition) is 1. The summed E-state index contributed by atoms with van der Waals surface area (Å²) in [6.45, 7) is 0. The van der Waals surface area contributed by atoms with E-state index < -0.39 is 0 Å². The van der Waals surface area contributed by atoms with Gasteiger partial charge in [-0.05, 0) is 60.7 Å². The van der Waals surface area contributed by atoms with Crippen LogP contribution in [0.1, 0.15) is 0 Å². The molecule has 0 fully saturated rings. The highest BCUT2D eigenvalue weighted by Gasteiger charge is 2.23. The van der Waals surface area contributed by atoms with Crippen molar-refractivity contribution in [2.45, 2.75) is 0 Å². The largest absolute Gasteiger partial charge is 0.309 e. The Hall–Kier alpha value is -5.87. The Morgan fingerprint density at radius 2 is 0.814 bits per heavy atom. The highest BCUT2D eigenvalue weighted by atomic mass is 16.1. The van der Waals surface area contributed by atoms with Crippen molar-refractivity contribution in [2.75, 3.05) is 0 Å². The molecule has 0 N–H and O–H groups in total. The fourth-order valence-corrected chi connectivity index (χ4v) is 6.84. The minimum Gasteiger partial charge on any atom is -0.309 e.